The highest BCUT2D eigenvalue weighted by Gasteiger charge is 2.16. The Morgan fingerprint density at radius 1 is 1.33 bits per heavy atom. The van der Waals surface area contributed by atoms with E-state index >= 15 is 0 Å². The van der Waals surface area contributed by atoms with Crippen molar-refractivity contribution in [2.45, 2.75) is 33.1 Å². The number of unbranched alkanes of at least 4 members (excludes halogenated alkanes) is 2. The number of phenols is 1. The number of Topliss-reactive ketones (excluding diaryl/α,β-unsaturated/α-hetero) is 1. The zero-order chi connectivity index (χ0) is 13.5. The maximum absolute atomic E-state index is 11.5. The van der Waals surface area contributed by atoms with Crippen LogP contribution in [0.25, 0.3) is 0 Å². The van der Waals surface area contributed by atoms with Crippen LogP contribution in [0, 0.1) is 0 Å². The van der Waals surface area contributed by atoms with Gasteiger partial charge >= 0.3 is 0 Å². The lowest BCUT2D eigenvalue weighted by Gasteiger charge is -2.12. The summed E-state index contributed by atoms with van der Waals surface area (Å²) in [6.07, 6.45) is 3.10. The number of aromatic hydroxyl groups is 1. The molecular weight excluding hydrogens is 232 g/mol. The van der Waals surface area contributed by atoms with Crippen LogP contribution in [0.15, 0.2) is 12.1 Å². The lowest BCUT2D eigenvalue weighted by Crippen LogP contribution is -2.04. The van der Waals surface area contributed by atoms with E-state index in [4.69, 9.17) is 9.47 Å². The number of carbonyl (C=O) groups is 1. The van der Waals surface area contributed by atoms with Crippen molar-refractivity contribution in [2.75, 3.05) is 13.7 Å². The van der Waals surface area contributed by atoms with Crippen molar-refractivity contribution < 1.29 is 19.4 Å². The Morgan fingerprint density at radius 2 is 2.06 bits per heavy atom. The van der Waals surface area contributed by atoms with Crippen LogP contribution in [0.1, 0.15) is 43.5 Å². The zero-order valence-corrected chi connectivity index (χ0v) is 11.2. The number of ether oxygens (including phenoxy) is 2. The lowest BCUT2D eigenvalue weighted by atomic mass is 10.1. The van der Waals surface area contributed by atoms with Crippen LogP contribution in [-0.4, -0.2) is 24.6 Å². The van der Waals surface area contributed by atoms with Gasteiger partial charge in [0.05, 0.1) is 13.7 Å². The molecule has 1 aromatic rings. The second kappa shape index (κ2) is 6.89. The molecule has 1 rings (SSSR count). The Bertz CT molecular complexity index is 413. The maximum Gasteiger partial charge on any atom is 0.167 e. The first-order chi connectivity index (χ1) is 8.60. The first-order valence-electron chi connectivity index (χ1n) is 6.14. The molecular formula is C14H20O4. The largest absolute Gasteiger partial charge is 0.507 e. The second-order valence-electron chi connectivity index (χ2n) is 4.13. The molecule has 0 unspecified atom stereocenters. The molecule has 0 spiro atoms. The third-order valence-electron chi connectivity index (χ3n) is 2.65. The van der Waals surface area contributed by atoms with Crippen LogP contribution in [-0.2, 0) is 0 Å². The molecule has 0 aliphatic carbocycles. The molecule has 18 heavy (non-hydrogen) atoms. The van der Waals surface area contributed by atoms with Crippen molar-refractivity contribution in [1.82, 2.24) is 0 Å². The smallest absolute Gasteiger partial charge is 0.167 e. The molecule has 1 aromatic carbocycles. The Hall–Kier alpha value is -1.71. The molecule has 100 valence electrons. The fraction of sp³-hybridized carbons (Fsp3) is 0.500. The standard InChI is InChI=1S/C14H20O4/c1-4-5-6-7-18-13-9-11(17-3)8-12(16)14(13)10(2)15/h8-9,16H,4-7H2,1-3H3. The minimum absolute atomic E-state index is 0.104. The van der Waals surface area contributed by atoms with E-state index in [1.165, 1.54) is 20.1 Å². The van der Waals surface area contributed by atoms with Crippen molar-refractivity contribution in [3.8, 4) is 17.2 Å². The van der Waals surface area contributed by atoms with Gasteiger partial charge in [0, 0.05) is 12.1 Å². The predicted octanol–water partition coefficient (Wildman–Crippen LogP) is 3.17. The maximum atomic E-state index is 11.5. The molecule has 0 fully saturated rings. The summed E-state index contributed by atoms with van der Waals surface area (Å²) in [5.41, 5.74) is 0.215. The van der Waals surface area contributed by atoms with Gasteiger partial charge in [-0.3, -0.25) is 4.79 Å². The third kappa shape index (κ3) is 3.65. The summed E-state index contributed by atoms with van der Waals surface area (Å²) in [4.78, 5) is 11.5. The number of rotatable bonds is 7. The topological polar surface area (TPSA) is 55.8 Å². The number of ketones is 1. The number of hydrogen-bond acceptors (Lipinski definition) is 4. The Kier molecular flexibility index (Phi) is 5.49. The molecule has 0 bridgehead atoms. The SMILES string of the molecule is CCCCCOc1cc(OC)cc(O)c1C(C)=O. The van der Waals surface area contributed by atoms with E-state index in [0.717, 1.165) is 19.3 Å². The molecule has 4 nitrogen and oxygen atoms in total. The monoisotopic (exact) mass is 252 g/mol. The van der Waals surface area contributed by atoms with Gasteiger partial charge in [-0.05, 0) is 13.3 Å². The van der Waals surface area contributed by atoms with Gasteiger partial charge in [0.1, 0.15) is 22.8 Å². The Balaban J connectivity index is 2.91. The lowest BCUT2D eigenvalue weighted by molar-refractivity contribution is 0.101. The van der Waals surface area contributed by atoms with Gasteiger partial charge in [0.25, 0.3) is 0 Å². The third-order valence-corrected chi connectivity index (χ3v) is 2.65. The Morgan fingerprint density at radius 3 is 2.61 bits per heavy atom. The highest BCUT2D eigenvalue weighted by atomic mass is 16.5. The van der Waals surface area contributed by atoms with Gasteiger partial charge in [0.15, 0.2) is 5.78 Å². The Labute approximate surface area is 108 Å². The van der Waals surface area contributed by atoms with Crippen LogP contribution < -0.4 is 9.47 Å². The predicted molar refractivity (Wildman–Crippen MR) is 69.7 cm³/mol. The van der Waals surface area contributed by atoms with E-state index in [0.29, 0.717) is 18.1 Å². The van der Waals surface area contributed by atoms with E-state index < -0.39 is 0 Å². The summed E-state index contributed by atoms with van der Waals surface area (Å²) < 4.78 is 10.6. The second-order valence-corrected chi connectivity index (χ2v) is 4.13. The molecule has 0 aromatic heterocycles. The number of benzene rings is 1. The minimum Gasteiger partial charge on any atom is -0.507 e. The molecule has 0 atom stereocenters. The van der Waals surface area contributed by atoms with Crippen LogP contribution in [0.5, 0.6) is 17.2 Å². The van der Waals surface area contributed by atoms with Gasteiger partial charge in [-0.25, -0.2) is 0 Å². The molecule has 0 heterocycles. The number of methoxy groups -OCH3 is 1. The molecule has 0 radical (unpaired) electrons. The first kappa shape index (κ1) is 14.4. The van der Waals surface area contributed by atoms with Crippen molar-refractivity contribution in [2.24, 2.45) is 0 Å². The quantitative estimate of drug-likeness (QED) is 0.598. The fourth-order valence-electron chi connectivity index (χ4n) is 1.70. The van der Waals surface area contributed by atoms with Crippen LogP contribution >= 0.6 is 0 Å². The van der Waals surface area contributed by atoms with Crippen LogP contribution in [0.4, 0.5) is 0 Å². The van der Waals surface area contributed by atoms with E-state index in [-0.39, 0.29) is 17.1 Å². The molecule has 0 amide bonds. The minimum atomic E-state index is -0.222. The zero-order valence-electron chi connectivity index (χ0n) is 11.2. The fourth-order valence-corrected chi connectivity index (χ4v) is 1.70. The van der Waals surface area contributed by atoms with Gasteiger partial charge < -0.3 is 14.6 Å². The van der Waals surface area contributed by atoms with E-state index in [1.54, 1.807) is 6.07 Å². The van der Waals surface area contributed by atoms with Crippen molar-refractivity contribution in [3.05, 3.63) is 17.7 Å². The van der Waals surface area contributed by atoms with Crippen molar-refractivity contribution >= 4 is 5.78 Å². The summed E-state index contributed by atoms with van der Waals surface area (Å²) in [6, 6.07) is 3.04. The van der Waals surface area contributed by atoms with Crippen LogP contribution in [0.3, 0.4) is 0 Å². The molecule has 1 N–H and O–H groups in total. The highest BCUT2D eigenvalue weighted by molar-refractivity contribution is 5.99. The first-order valence-corrected chi connectivity index (χ1v) is 6.14. The highest BCUT2D eigenvalue weighted by Crippen LogP contribution is 2.33. The summed E-state index contributed by atoms with van der Waals surface area (Å²) in [5, 5.41) is 9.80. The van der Waals surface area contributed by atoms with Gasteiger partial charge in [-0.1, -0.05) is 19.8 Å². The summed E-state index contributed by atoms with van der Waals surface area (Å²) in [7, 11) is 1.50. The normalized spacial score (nSPS) is 10.2. The van der Waals surface area contributed by atoms with Crippen molar-refractivity contribution in [1.29, 1.82) is 0 Å². The van der Waals surface area contributed by atoms with Gasteiger partial charge in [0.2, 0.25) is 0 Å². The number of phenolic OH excluding ortho intramolecular Hbond substituents is 1. The molecule has 0 saturated carbocycles. The van der Waals surface area contributed by atoms with Crippen LogP contribution in [0.2, 0.25) is 0 Å². The summed E-state index contributed by atoms with van der Waals surface area (Å²) in [6.45, 7) is 4.04. The number of hydrogen-bond donors (Lipinski definition) is 1. The molecule has 4 heteroatoms. The molecule has 0 aliphatic rings. The van der Waals surface area contributed by atoms with Gasteiger partial charge in [-0.2, -0.15) is 0 Å². The number of carbonyl (C=O) groups excluding carboxylic acids is 1. The average Bonchev–Trinajstić information content (AvgIpc) is 2.33. The summed E-state index contributed by atoms with van der Waals surface area (Å²) >= 11 is 0. The average molecular weight is 252 g/mol. The molecule has 0 saturated heterocycles. The van der Waals surface area contributed by atoms with Crippen molar-refractivity contribution in [3.63, 3.8) is 0 Å². The van der Waals surface area contributed by atoms with E-state index in [2.05, 4.69) is 6.92 Å². The summed E-state index contributed by atoms with van der Waals surface area (Å²) in [5.74, 6) is 0.534. The van der Waals surface area contributed by atoms with E-state index in [1.807, 2.05) is 0 Å². The van der Waals surface area contributed by atoms with E-state index in [9.17, 15) is 9.90 Å². The molecule has 0 aliphatic heterocycles. The van der Waals surface area contributed by atoms with Gasteiger partial charge in [-0.15, -0.1) is 0 Å².